The summed E-state index contributed by atoms with van der Waals surface area (Å²) in [6.45, 7) is 0. The predicted molar refractivity (Wildman–Crippen MR) is 204 cm³/mol. The van der Waals surface area contributed by atoms with Crippen LogP contribution in [0.15, 0.2) is 175 Å². The lowest BCUT2D eigenvalue weighted by Gasteiger charge is -2.33. The van der Waals surface area contributed by atoms with Crippen LogP contribution >= 0.6 is 0 Å². The third-order valence-corrected chi connectivity index (χ3v) is 10.0. The Bertz CT molecular complexity index is 2740. The minimum absolute atomic E-state index is 0.183. The van der Waals surface area contributed by atoms with Gasteiger partial charge in [0.05, 0.1) is 16.7 Å². The fourth-order valence-electron chi connectivity index (χ4n) is 7.77. The zero-order valence-electron chi connectivity index (χ0n) is 26.7. The first-order valence-corrected chi connectivity index (χ1v) is 16.9. The van der Waals surface area contributed by atoms with Gasteiger partial charge in [0.15, 0.2) is 0 Å². The van der Waals surface area contributed by atoms with E-state index in [2.05, 4.69) is 185 Å². The van der Waals surface area contributed by atoms with Crippen molar-refractivity contribution in [3.05, 3.63) is 187 Å². The maximum Gasteiger partial charge on any atom is 0.132 e. The molecule has 0 bridgehead atoms. The summed E-state index contributed by atoms with van der Waals surface area (Å²) in [5.41, 5.74) is 6.99. The Hall–Kier alpha value is -6.23. The van der Waals surface area contributed by atoms with Crippen molar-refractivity contribution < 1.29 is 0 Å². The van der Waals surface area contributed by atoms with Crippen molar-refractivity contribution in [2.45, 2.75) is 12.3 Å². The van der Waals surface area contributed by atoms with E-state index in [9.17, 15) is 0 Å². The summed E-state index contributed by atoms with van der Waals surface area (Å²) >= 11 is 0. The van der Waals surface area contributed by atoms with Gasteiger partial charge in [-0.1, -0.05) is 146 Å². The number of fused-ring (bicyclic) bond motifs is 6. The largest absolute Gasteiger partial charge is 0.350 e. The summed E-state index contributed by atoms with van der Waals surface area (Å²) in [6, 6.07) is 61.0. The Morgan fingerprint density at radius 1 is 0.469 bits per heavy atom. The van der Waals surface area contributed by atoms with Gasteiger partial charge in [-0.2, -0.15) is 0 Å². The van der Waals surface area contributed by atoms with Crippen LogP contribution in [0.25, 0.3) is 59.8 Å². The van der Waals surface area contributed by atoms with E-state index >= 15 is 0 Å². The van der Waals surface area contributed by atoms with E-state index < -0.39 is 0 Å². The highest BCUT2D eigenvalue weighted by atomic mass is 15.3. The number of rotatable bonds is 4. The van der Waals surface area contributed by atoms with Gasteiger partial charge in [0.25, 0.3) is 0 Å². The van der Waals surface area contributed by atoms with E-state index in [0.29, 0.717) is 0 Å². The molecule has 0 aliphatic carbocycles. The first-order valence-electron chi connectivity index (χ1n) is 16.9. The monoisotopic (exact) mass is 628 g/mol. The number of aliphatic imine (C=N–C) groups is 1. The topological polar surface area (TPSA) is 41.4 Å². The van der Waals surface area contributed by atoms with Crippen molar-refractivity contribution in [1.29, 1.82) is 0 Å². The Morgan fingerprint density at radius 3 is 2.00 bits per heavy atom. The number of para-hydroxylation sites is 1. The fourth-order valence-corrected chi connectivity index (χ4v) is 7.77. The van der Waals surface area contributed by atoms with Crippen molar-refractivity contribution >= 4 is 60.0 Å². The second-order valence-corrected chi connectivity index (χ2v) is 12.9. The zero-order valence-corrected chi connectivity index (χ0v) is 26.7. The number of hydrogen-bond donors (Lipinski definition) is 2. The molecule has 1 aliphatic heterocycles. The van der Waals surface area contributed by atoms with Crippen molar-refractivity contribution in [2.75, 3.05) is 0 Å². The molecule has 1 aliphatic rings. The normalized spacial score (nSPS) is 16.4. The molecule has 0 spiro atoms. The number of benzene rings is 8. The maximum atomic E-state index is 5.27. The maximum absolute atomic E-state index is 5.27. The number of nitrogens with zero attached hydrogens (tertiary/aromatic N) is 2. The summed E-state index contributed by atoms with van der Waals surface area (Å²) in [6.07, 6.45) is -0.400. The molecule has 2 N–H and O–H groups in total. The molecule has 8 aromatic carbocycles. The highest BCUT2D eigenvalue weighted by Crippen LogP contribution is 2.38. The first kappa shape index (κ1) is 27.8. The average molecular weight is 629 g/mol. The number of amidine groups is 1. The smallest absolute Gasteiger partial charge is 0.132 e. The van der Waals surface area contributed by atoms with Crippen LogP contribution in [-0.2, 0) is 0 Å². The van der Waals surface area contributed by atoms with Crippen LogP contribution in [0, 0.1) is 0 Å². The molecule has 0 amide bonds. The Labute approximate surface area is 284 Å². The molecule has 2 heterocycles. The number of aromatic nitrogens is 1. The van der Waals surface area contributed by atoms with Gasteiger partial charge >= 0.3 is 0 Å². The lowest BCUT2D eigenvalue weighted by atomic mass is 9.98. The molecule has 2 atom stereocenters. The molecule has 2 unspecified atom stereocenters. The molecule has 9 aromatic rings. The van der Waals surface area contributed by atoms with Crippen molar-refractivity contribution in [2.24, 2.45) is 4.99 Å². The molecular weight excluding hydrogens is 597 g/mol. The molecule has 10 rings (SSSR count). The minimum atomic E-state index is -0.217. The summed E-state index contributed by atoms with van der Waals surface area (Å²) in [7, 11) is 0. The van der Waals surface area contributed by atoms with Crippen molar-refractivity contribution in [1.82, 2.24) is 15.2 Å². The minimum Gasteiger partial charge on any atom is -0.350 e. The van der Waals surface area contributed by atoms with Crippen molar-refractivity contribution in [3.63, 3.8) is 0 Å². The third kappa shape index (κ3) is 4.53. The molecule has 4 heteroatoms. The van der Waals surface area contributed by atoms with Crippen LogP contribution in [0.3, 0.4) is 0 Å². The number of nitrogens with one attached hydrogen (secondary N) is 2. The Kier molecular flexibility index (Phi) is 6.36. The van der Waals surface area contributed by atoms with Gasteiger partial charge in [0.2, 0.25) is 0 Å². The van der Waals surface area contributed by atoms with Crippen LogP contribution < -0.4 is 10.6 Å². The van der Waals surface area contributed by atoms with E-state index in [0.717, 1.165) is 17.0 Å². The quantitative estimate of drug-likeness (QED) is 0.204. The molecule has 0 radical (unpaired) electrons. The third-order valence-electron chi connectivity index (χ3n) is 10.0. The summed E-state index contributed by atoms with van der Waals surface area (Å²) in [5.74, 6) is 0.886. The molecule has 49 heavy (non-hydrogen) atoms. The van der Waals surface area contributed by atoms with E-state index in [1.165, 1.54) is 65.4 Å². The fraction of sp³-hybridized carbons (Fsp3) is 0.0444. The molecule has 4 nitrogen and oxygen atoms in total. The molecular formula is C45H32N4. The van der Waals surface area contributed by atoms with Crippen LogP contribution in [0.1, 0.15) is 29.0 Å². The van der Waals surface area contributed by atoms with Gasteiger partial charge in [-0.05, 0) is 62.3 Å². The van der Waals surface area contributed by atoms with Gasteiger partial charge < -0.3 is 9.88 Å². The zero-order chi connectivity index (χ0) is 32.3. The van der Waals surface area contributed by atoms with Gasteiger partial charge in [-0.25, -0.2) is 4.99 Å². The molecule has 232 valence electrons. The summed E-state index contributed by atoms with van der Waals surface area (Å²) in [4.78, 5) is 5.27. The second-order valence-electron chi connectivity index (χ2n) is 12.9. The van der Waals surface area contributed by atoms with Crippen LogP contribution in [0.2, 0.25) is 0 Å². The summed E-state index contributed by atoms with van der Waals surface area (Å²) in [5, 5.41) is 17.5. The molecule has 0 saturated heterocycles. The van der Waals surface area contributed by atoms with Crippen LogP contribution in [0.4, 0.5) is 0 Å². The van der Waals surface area contributed by atoms with E-state index in [1.807, 2.05) is 0 Å². The van der Waals surface area contributed by atoms with Gasteiger partial charge in [0, 0.05) is 21.7 Å². The van der Waals surface area contributed by atoms with Crippen LogP contribution in [-0.4, -0.2) is 10.4 Å². The standard InChI is InChI=1S/C45H32N4/c1-2-14-30(15-3-1)43-46-44(37-23-10-18-29-13-6-7-19-33(29)37)48-45(47-43)38-24-11-22-35-34(38)21-12-26-41(35)49-40-25-9-8-20-36(40)39-27-31-16-4-5-17-32(31)28-42(39)49/h1-28,43,45,47H,(H,46,48). The van der Waals surface area contributed by atoms with Gasteiger partial charge in [0.1, 0.15) is 18.2 Å². The highest BCUT2D eigenvalue weighted by molar-refractivity contribution is 6.15. The van der Waals surface area contributed by atoms with Crippen LogP contribution in [0.5, 0.6) is 0 Å². The average Bonchev–Trinajstić information content (AvgIpc) is 3.49. The van der Waals surface area contributed by atoms with E-state index in [-0.39, 0.29) is 12.3 Å². The number of hydrogen-bond acceptors (Lipinski definition) is 3. The van der Waals surface area contributed by atoms with E-state index in [1.54, 1.807) is 0 Å². The lowest BCUT2D eigenvalue weighted by Crippen LogP contribution is -2.45. The molecule has 0 fully saturated rings. The summed E-state index contributed by atoms with van der Waals surface area (Å²) < 4.78 is 2.45. The Morgan fingerprint density at radius 2 is 1.12 bits per heavy atom. The first-order chi connectivity index (χ1) is 24.3. The Balaban J connectivity index is 1.16. The predicted octanol–water partition coefficient (Wildman–Crippen LogP) is 10.6. The van der Waals surface area contributed by atoms with E-state index in [4.69, 9.17) is 4.99 Å². The molecule has 1 aromatic heterocycles. The van der Waals surface area contributed by atoms with Gasteiger partial charge in [-0.3, -0.25) is 5.32 Å². The SMILES string of the molecule is c1ccc(C2N=C(c3cccc4ccccc34)NC(c3cccc4c(-n5c6ccccc6c6cc7ccccc7cc65)cccc34)N2)cc1. The molecule has 0 saturated carbocycles. The van der Waals surface area contributed by atoms with Gasteiger partial charge in [-0.15, -0.1) is 0 Å². The lowest BCUT2D eigenvalue weighted by molar-refractivity contribution is 0.411. The highest BCUT2D eigenvalue weighted by Gasteiger charge is 2.27. The van der Waals surface area contributed by atoms with Crippen molar-refractivity contribution in [3.8, 4) is 5.69 Å². The second kappa shape index (κ2) is 11.2.